The zero-order valence-corrected chi connectivity index (χ0v) is 6.28. The Morgan fingerprint density at radius 3 is 2.50 bits per heavy atom. The van der Waals surface area contributed by atoms with Crippen LogP contribution in [0, 0.1) is 5.92 Å². The van der Waals surface area contributed by atoms with Crippen LogP contribution in [0.25, 0.3) is 0 Å². The Balaban J connectivity index is 2.86. The molecule has 0 aliphatic rings. The minimum absolute atomic E-state index is 0.922. The monoisotopic (exact) mass is 111 g/mol. The van der Waals surface area contributed by atoms with Gasteiger partial charge in [-0.25, -0.2) is 0 Å². The van der Waals surface area contributed by atoms with Crippen molar-refractivity contribution >= 4 is 7.28 Å². The van der Waals surface area contributed by atoms with Crippen LogP contribution >= 0.6 is 0 Å². The number of hydrogen-bond donors (Lipinski definition) is 0. The van der Waals surface area contributed by atoms with Crippen LogP contribution in [-0.2, 0) is 0 Å². The molecular weight excluding hydrogens is 94.9 g/mol. The summed E-state index contributed by atoms with van der Waals surface area (Å²) >= 11 is 0. The van der Waals surface area contributed by atoms with E-state index in [1.54, 1.807) is 0 Å². The molecule has 0 fully saturated rings. The van der Waals surface area contributed by atoms with Crippen molar-refractivity contribution in [3.05, 3.63) is 0 Å². The van der Waals surface area contributed by atoms with Crippen LogP contribution in [-0.4, -0.2) is 7.28 Å². The third-order valence-electron chi connectivity index (χ3n) is 1.65. The van der Waals surface area contributed by atoms with Crippen LogP contribution in [0.3, 0.4) is 0 Å². The lowest BCUT2D eigenvalue weighted by molar-refractivity contribution is 0.543. The van der Waals surface area contributed by atoms with Crippen LogP contribution in [0.5, 0.6) is 0 Å². The summed E-state index contributed by atoms with van der Waals surface area (Å²) < 4.78 is 0. The van der Waals surface area contributed by atoms with Gasteiger partial charge >= 0.3 is 0 Å². The molecule has 0 aliphatic carbocycles. The highest BCUT2D eigenvalue weighted by Crippen LogP contribution is 2.08. The summed E-state index contributed by atoms with van der Waals surface area (Å²) in [7, 11) is 2.24. The molecule has 1 heteroatoms. The van der Waals surface area contributed by atoms with E-state index in [4.69, 9.17) is 0 Å². The summed E-state index contributed by atoms with van der Waals surface area (Å²) in [5.41, 5.74) is 0. The lowest BCUT2D eigenvalue weighted by atomic mass is 9.74. The highest BCUT2D eigenvalue weighted by molar-refractivity contribution is 6.33. The van der Waals surface area contributed by atoms with Gasteiger partial charge in [0.2, 0.25) is 0 Å². The van der Waals surface area contributed by atoms with Crippen molar-refractivity contribution < 1.29 is 0 Å². The lowest BCUT2D eigenvalue weighted by Gasteiger charge is -2.04. The highest BCUT2D eigenvalue weighted by Gasteiger charge is 1.95. The molecule has 0 aromatic rings. The van der Waals surface area contributed by atoms with E-state index in [0.29, 0.717) is 0 Å². The SMILES string of the molecule is C[B]CCC(C)CC. The topological polar surface area (TPSA) is 0 Å². The zero-order chi connectivity index (χ0) is 6.41. The molecule has 0 amide bonds. The Labute approximate surface area is 53.9 Å². The molecule has 0 aromatic heterocycles. The zero-order valence-electron chi connectivity index (χ0n) is 6.28. The molecule has 0 heterocycles. The normalized spacial score (nSPS) is 13.4. The summed E-state index contributed by atoms with van der Waals surface area (Å²) in [5, 5.41) is 0. The Kier molecular flexibility index (Phi) is 5.25. The predicted octanol–water partition coefficient (Wildman–Crippen LogP) is 2.59. The van der Waals surface area contributed by atoms with Crippen molar-refractivity contribution in [3.8, 4) is 0 Å². The van der Waals surface area contributed by atoms with E-state index < -0.39 is 0 Å². The van der Waals surface area contributed by atoms with Crippen molar-refractivity contribution in [2.75, 3.05) is 0 Å². The number of hydrogen-bond acceptors (Lipinski definition) is 0. The first-order chi connectivity index (χ1) is 3.81. The van der Waals surface area contributed by atoms with Crippen LogP contribution < -0.4 is 0 Å². The van der Waals surface area contributed by atoms with Gasteiger partial charge in [0.05, 0.1) is 0 Å². The third kappa shape index (κ3) is 4.23. The van der Waals surface area contributed by atoms with Gasteiger partial charge in [0, 0.05) is 0 Å². The molecule has 0 nitrogen and oxygen atoms in total. The first-order valence-corrected chi connectivity index (χ1v) is 3.59. The van der Waals surface area contributed by atoms with Crippen molar-refractivity contribution in [1.82, 2.24) is 0 Å². The van der Waals surface area contributed by atoms with Gasteiger partial charge in [0.25, 0.3) is 0 Å². The molecule has 8 heavy (non-hydrogen) atoms. The second-order valence-electron chi connectivity index (χ2n) is 2.50. The van der Waals surface area contributed by atoms with E-state index >= 15 is 0 Å². The molecule has 0 N–H and O–H groups in total. The van der Waals surface area contributed by atoms with Crippen molar-refractivity contribution in [3.63, 3.8) is 0 Å². The summed E-state index contributed by atoms with van der Waals surface area (Å²) in [5.74, 6) is 0.922. The van der Waals surface area contributed by atoms with Gasteiger partial charge in [-0.15, -0.1) is 0 Å². The molecule has 0 saturated heterocycles. The van der Waals surface area contributed by atoms with Gasteiger partial charge in [-0.2, -0.15) is 0 Å². The van der Waals surface area contributed by atoms with Gasteiger partial charge in [0.1, 0.15) is 7.28 Å². The lowest BCUT2D eigenvalue weighted by Crippen LogP contribution is -1.92. The van der Waals surface area contributed by atoms with Crippen molar-refractivity contribution in [2.45, 2.75) is 39.8 Å². The van der Waals surface area contributed by atoms with E-state index in [2.05, 4.69) is 28.0 Å². The molecule has 1 atom stereocenters. The minimum atomic E-state index is 0.922. The standard InChI is InChI=1S/C7H16B/c1-4-7(2)5-6-8-3/h7H,4-6H2,1-3H3. The molecule has 0 saturated carbocycles. The fourth-order valence-electron chi connectivity index (χ4n) is 0.655. The summed E-state index contributed by atoms with van der Waals surface area (Å²) in [6.45, 7) is 6.69. The largest absolute Gasteiger partial charge is 0.105 e. The van der Waals surface area contributed by atoms with E-state index in [0.717, 1.165) is 5.92 Å². The predicted molar refractivity (Wildman–Crippen MR) is 40.5 cm³/mol. The van der Waals surface area contributed by atoms with Crippen LogP contribution in [0.4, 0.5) is 0 Å². The van der Waals surface area contributed by atoms with Crippen LogP contribution in [0.2, 0.25) is 13.1 Å². The Morgan fingerprint density at radius 1 is 1.50 bits per heavy atom. The Hall–Kier alpha value is 0.0649. The molecule has 0 spiro atoms. The minimum Gasteiger partial charge on any atom is -0.0920 e. The Bertz CT molecular complexity index is 43.7. The van der Waals surface area contributed by atoms with Crippen LogP contribution in [0.1, 0.15) is 26.7 Å². The van der Waals surface area contributed by atoms with Crippen molar-refractivity contribution in [1.29, 1.82) is 0 Å². The molecular formula is C7H16B. The van der Waals surface area contributed by atoms with Crippen LogP contribution in [0.15, 0.2) is 0 Å². The maximum Gasteiger partial charge on any atom is 0.105 e. The summed E-state index contributed by atoms with van der Waals surface area (Å²) in [6.07, 6.45) is 3.98. The van der Waals surface area contributed by atoms with E-state index in [9.17, 15) is 0 Å². The van der Waals surface area contributed by atoms with Gasteiger partial charge in [-0.3, -0.25) is 0 Å². The van der Waals surface area contributed by atoms with Gasteiger partial charge < -0.3 is 0 Å². The Morgan fingerprint density at radius 2 is 2.12 bits per heavy atom. The summed E-state index contributed by atoms with van der Waals surface area (Å²) in [4.78, 5) is 0. The molecule has 1 radical (unpaired) electrons. The second-order valence-corrected chi connectivity index (χ2v) is 2.50. The average molecular weight is 111 g/mol. The fourth-order valence-corrected chi connectivity index (χ4v) is 0.655. The molecule has 47 valence electrons. The smallest absolute Gasteiger partial charge is 0.0920 e. The van der Waals surface area contributed by atoms with Gasteiger partial charge in [-0.1, -0.05) is 39.8 Å². The molecule has 0 rings (SSSR count). The highest BCUT2D eigenvalue weighted by atomic mass is 14.0. The summed E-state index contributed by atoms with van der Waals surface area (Å²) in [6, 6.07) is 0. The molecule has 1 unspecified atom stereocenters. The van der Waals surface area contributed by atoms with E-state index in [-0.39, 0.29) is 0 Å². The first-order valence-electron chi connectivity index (χ1n) is 3.59. The average Bonchev–Trinajstić information content (AvgIpc) is 1.83. The van der Waals surface area contributed by atoms with Gasteiger partial charge in [0.15, 0.2) is 0 Å². The fraction of sp³-hybridized carbons (Fsp3) is 1.00. The maximum absolute atomic E-state index is 2.31. The number of rotatable bonds is 4. The van der Waals surface area contributed by atoms with Crippen molar-refractivity contribution in [2.24, 2.45) is 5.92 Å². The first kappa shape index (κ1) is 8.06. The van der Waals surface area contributed by atoms with E-state index in [1.807, 2.05) is 0 Å². The second kappa shape index (κ2) is 5.21. The third-order valence-corrected chi connectivity index (χ3v) is 1.65. The maximum atomic E-state index is 2.31. The quantitative estimate of drug-likeness (QED) is 0.489. The molecule has 0 aromatic carbocycles. The van der Waals surface area contributed by atoms with Gasteiger partial charge in [-0.05, 0) is 5.92 Å². The molecule has 0 aliphatic heterocycles. The molecule has 0 bridgehead atoms. The van der Waals surface area contributed by atoms with E-state index in [1.165, 1.54) is 19.2 Å².